The highest BCUT2D eigenvalue weighted by atomic mass is 19.4. The lowest BCUT2D eigenvalue weighted by atomic mass is 9.95. The number of rotatable bonds is 5. The van der Waals surface area contributed by atoms with Crippen molar-refractivity contribution in [2.75, 3.05) is 20.8 Å². The van der Waals surface area contributed by atoms with Crippen LogP contribution in [-0.4, -0.2) is 39.0 Å². The molecule has 1 aliphatic heterocycles. The Balaban J connectivity index is 2.39. The van der Waals surface area contributed by atoms with E-state index in [4.69, 9.17) is 9.47 Å². The standard InChI is InChI=1S/C16H17F3N2O5/c1-8-12(14(22)26-7-16(17,18)19)13(21-15(23)20-8)9-4-5-10(24-2)11(6-9)25-3/h4-6,13H,7H2,1-3H3,(H2,20,21,23)/t13-/m0/s1. The van der Waals surface area contributed by atoms with Gasteiger partial charge in [0.05, 0.1) is 25.8 Å². The summed E-state index contributed by atoms with van der Waals surface area (Å²) < 4.78 is 51.6. The number of hydrogen-bond donors (Lipinski definition) is 2. The van der Waals surface area contributed by atoms with E-state index in [9.17, 15) is 22.8 Å². The fraction of sp³-hybridized carbons (Fsp3) is 0.375. The summed E-state index contributed by atoms with van der Waals surface area (Å²) in [4.78, 5) is 24.0. The summed E-state index contributed by atoms with van der Waals surface area (Å²) >= 11 is 0. The monoisotopic (exact) mass is 374 g/mol. The molecule has 0 radical (unpaired) electrons. The SMILES string of the molecule is COc1ccc([C@@H]2NC(=O)NC(C)=C2C(=O)OCC(F)(F)F)cc1OC. The predicted octanol–water partition coefficient (Wildman–Crippen LogP) is 2.44. The van der Waals surface area contributed by atoms with Gasteiger partial charge in [-0.3, -0.25) is 0 Å². The molecule has 1 aliphatic rings. The molecule has 1 aromatic rings. The van der Waals surface area contributed by atoms with Crippen LogP contribution in [0.1, 0.15) is 18.5 Å². The first-order valence-corrected chi connectivity index (χ1v) is 7.40. The number of allylic oxidation sites excluding steroid dienone is 1. The lowest BCUT2D eigenvalue weighted by molar-refractivity contribution is -0.183. The number of urea groups is 1. The molecule has 0 saturated heterocycles. The van der Waals surface area contributed by atoms with Crippen LogP contribution in [0.4, 0.5) is 18.0 Å². The molecule has 1 atom stereocenters. The fourth-order valence-corrected chi connectivity index (χ4v) is 2.47. The summed E-state index contributed by atoms with van der Waals surface area (Å²) in [6.45, 7) is -0.327. The number of alkyl halides is 3. The molecule has 2 amide bonds. The predicted molar refractivity (Wildman–Crippen MR) is 83.7 cm³/mol. The van der Waals surface area contributed by atoms with Crippen LogP contribution in [0.15, 0.2) is 29.5 Å². The third-order valence-corrected chi connectivity index (χ3v) is 3.60. The zero-order valence-corrected chi connectivity index (χ0v) is 14.2. The molecule has 10 heteroatoms. The van der Waals surface area contributed by atoms with Crippen molar-refractivity contribution >= 4 is 12.0 Å². The molecule has 0 fully saturated rings. The number of nitrogens with one attached hydrogen (secondary N) is 2. The van der Waals surface area contributed by atoms with Gasteiger partial charge < -0.3 is 24.8 Å². The number of ether oxygens (including phenoxy) is 3. The minimum atomic E-state index is -4.66. The van der Waals surface area contributed by atoms with Gasteiger partial charge in [0.25, 0.3) is 0 Å². The summed E-state index contributed by atoms with van der Waals surface area (Å²) in [6.07, 6.45) is -4.66. The molecule has 2 N–H and O–H groups in total. The van der Waals surface area contributed by atoms with Gasteiger partial charge in [0, 0.05) is 5.70 Å². The van der Waals surface area contributed by atoms with E-state index < -0.39 is 30.8 Å². The Morgan fingerprint density at radius 3 is 2.42 bits per heavy atom. The number of benzene rings is 1. The maximum absolute atomic E-state index is 12.3. The van der Waals surface area contributed by atoms with Crippen LogP contribution in [0.25, 0.3) is 0 Å². The molecule has 0 bridgehead atoms. The van der Waals surface area contributed by atoms with E-state index in [1.54, 1.807) is 12.1 Å². The molecule has 0 spiro atoms. The molecule has 26 heavy (non-hydrogen) atoms. The second-order valence-corrected chi connectivity index (χ2v) is 5.38. The molecule has 0 aromatic heterocycles. The Morgan fingerprint density at radius 2 is 1.85 bits per heavy atom. The minimum absolute atomic E-state index is 0.0979. The quantitative estimate of drug-likeness (QED) is 0.774. The molecule has 2 rings (SSSR count). The molecular formula is C16H17F3N2O5. The van der Waals surface area contributed by atoms with E-state index in [0.717, 1.165) is 0 Å². The Bertz CT molecular complexity index is 746. The smallest absolute Gasteiger partial charge is 0.422 e. The molecular weight excluding hydrogens is 357 g/mol. The van der Waals surface area contributed by atoms with Crippen molar-refractivity contribution in [1.82, 2.24) is 10.6 Å². The van der Waals surface area contributed by atoms with Crippen molar-refractivity contribution in [3.8, 4) is 11.5 Å². The highest BCUT2D eigenvalue weighted by Crippen LogP contribution is 2.34. The minimum Gasteiger partial charge on any atom is -0.493 e. The van der Waals surface area contributed by atoms with Crippen molar-refractivity contribution in [2.24, 2.45) is 0 Å². The number of halogens is 3. The number of carbonyl (C=O) groups is 2. The average molecular weight is 374 g/mol. The highest BCUT2D eigenvalue weighted by Gasteiger charge is 2.35. The first-order chi connectivity index (χ1) is 12.2. The zero-order valence-electron chi connectivity index (χ0n) is 14.2. The summed E-state index contributed by atoms with van der Waals surface area (Å²) in [6, 6.07) is 3.01. The summed E-state index contributed by atoms with van der Waals surface area (Å²) in [5.41, 5.74) is 0.373. The van der Waals surface area contributed by atoms with Gasteiger partial charge in [-0.2, -0.15) is 13.2 Å². The van der Waals surface area contributed by atoms with Crippen LogP contribution < -0.4 is 20.1 Å². The molecule has 0 unspecified atom stereocenters. The van der Waals surface area contributed by atoms with E-state index in [0.29, 0.717) is 17.1 Å². The van der Waals surface area contributed by atoms with Gasteiger partial charge in [0.15, 0.2) is 18.1 Å². The molecule has 0 saturated carbocycles. The first kappa shape index (κ1) is 19.4. The van der Waals surface area contributed by atoms with E-state index in [2.05, 4.69) is 15.4 Å². The Morgan fingerprint density at radius 1 is 1.19 bits per heavy atom. The molecule has 7 nitrogen and oxygen atoms in total. The van der Waals surface area contributed by atoms with Crippen LogP contribution in [0, 0.1) is 0 Å². The van der Waals surface area contributed by atoms with Crippen LogP contribution >= 0.6 is 0 Å². The summed E-state index contributed by atoms with van der Waals surface area (Å²) in [7, 11) is 2.84. The maximum Gasteiger partial charge on any atom is 0.422 e. The van der Waals surface area contributed by atoms with Gasteiger partial charge in [0.1, 0.15) is 0 Å². The third-order valence-electron chi connectivity index (χ3n) is 3.60. The van der Waals surface area contributed by atoms with Gasteiger partial charge in [-0.05, 0) is 24.6 Å². The number of hydrogen-bond acceptors (Lipinski definition) is 5. The first-order valence-electron chi connectivity index (χ1n) is 7.40. The van der Waals surface area contributed by atoms with Crippen molar-refractivity contribution in [3.05, 3.63) is 35.0 Å². The number of esters is 1. The van der Waals surface area contributed by atoms with Crippen LogP contribution in [0.3, 0.4) is 0 Å². The second kappa shape index (κ2) is 7.54. The summed E-state index contributed by atoms with van der Waals surface area (Å²) in [5, 5.41) is 4.84. The number of amides is 2. The highest BCUT2D eigenvalue weighted by molar-refractivity contribution is 5.95. The molecule has 0 aliphatic carbocycles. The number of methoxy groups -OCH3 is 2. The molecule has 1 heterocycles. The van der Waals surface area contributed by atoms with E-state index in [1.807, 2.05) is 0 Å². The summed E-state index contributed by atoms with van der Waals surface area (Å²) in [5.74, 6) is -0.441. The van der Waals surface area contributed by atoms with Crippen LogP contribution in [0.5, 0.6) is 11.5 Å². The normalized spacial score (nSPS) is 17.3. The molecule has 142 valence electrons. The van der Waals surface area contributed by atoms with Crippen molar-refractivity contribution < 1.29 is 37.0 Å². The lowest BCUT2D eigenvalue weighted by Gasteiger charge is -2.28. The van der Waals surface area contributed by atoms with Crippen LogP contribution in [-0.2, 0) is 9.53 Å². The Hall–Kier alpha value is -2.91. The van der Waals surface area contributed by atoms with E-state index in [1.165, 1.54) is 27.2 Å². The Labute approximate surface area is 147 Å². The lowest BCUT2D eigenvalue weighted by Crippen LogP contribution is -2.45. The third kappa shape index (κ3) is 4.38. The van der Waals surface area contributed by atoms with Crippen molar-refractivity contribution in [2.45, 2.75) is 19.1 Å². The van der Waals surface area contributed by atoms with Gasteiger partial charge in [0.2, 0.25) is 0 Å². The Kier molecular flexibility index (Phi) is 5.63. The van der Waals surface area contributed by atoms with Gasteiger partial charge in [-0.1, -0.05) is 6.07 Å². The largest absolute Gasteiger partial charge is 0.493 e. The van der Waals surface area contributed by atoms with E-state index in [-0.39, 0.29) is 11.3 Å². The average Bonchev–Trinajstić information content (AvgIpc) is 2.57. The maximum atomic E-state index is 12.3. The van der Waals surface area contributed by atoms with Crippen molar-refractivity contribution in [3.63, 3.8) is 0 Å². The topological polar surface area (TPSA) is 85.9 Å². The van der Waals surface area contributed by atoms with Gasteiger partial charge in [-0.25, -0.2) is 9.59 Å². The number of carbonyl (C=O) groups excluding carboxylic acids is 2. The van der Waals surface area contributed by atoms with Gasteiger partial charge in [-0.15, -0.1) is 0 Å². The molecule has 1 aromatic carbocycles. The van der Waals surface area contributed by atoms with Gasteiger partial charge >= 0.3 is 18.2 Å². The van der Waals surface area contributed by atoms with E-state index >= 15 is 0 Å². The zero-order chi connectivity index (χ0) is 19.5. The fourth-order valence-electron chi connectivity index (χ4n) is 2.47. The second-order valence-electron chi connectivity index (χ2n) is 5.38. The van der Waals surface area contributed by atoms with Crippen molar-refractivity contribution in [1.29, 1.82) is 0 Å². The van der Waals surface area contributed by atoms with Crippen LogP contribution in [0.2, 0.25) is 0 Å².